The summed E-state index contributed by atoms with van der Waals surface area (Å²) in [7, 11) is 0. The maximum Gasteiger partial charge on any atom is 2.00 e. The Hall–Kier alpha value is -4.32. The van der Waals surface area contributed by atoms with Crippen molar-refractivity contribution in [2.75, 3.05) is 0 Å². The first-order chi connectivity index (χ1) is 18.3. The molecule has 201 valence electrons. The Balaban J connectivity index is 0.000000267. The maximum absolute atomic E-state index is 11.8. The van der Waals surface area contributed by atoms with Gasteiger partial charge >= 0.3 is 17.1 Å². The third kappa shape index (κ3) is 10.9. The van der Waals surface area contributed by atoms with Crippen molar-refractivity contribution in [3.05, 3.63) is 120 Å². The van der Waals surface area contributed by atoms with Gasteiger partial charge in [-0.2, -0.15) is 0 Å². The molecule has 0 unspecified atom stereocenters. The molecule has 7 heteroatoms. The van der Waals surface area contributed by atoms with Gasteiger partial charge in [0.05, 0.1) is 12.8 Å². The molecule has 39 heavy (non-hydrogen) atoms. The monoisotopic (exact) mass is 571 g/mol. The first-order valence-electron chi connectivity index (χ1n) is 12.0. The predicted molar refractivity (Wildman–Crippen MR) is 145 cm³/mol. The quantitative estimate of drug-likeness (QED) is 0.113. The summed E-state index contributed by atoms with van der Waals surface area (Å²) >= 11 is 0. The summed E-state index contributed by atoms with van der Waals surface area (Å²) in [6, 6.07) is 32.4. The fourth-order valence-electron chi connectivity index (χ4n) is 3.37. The SMILES string of the molecule is CC(=O)CC(=O)c1cccc(Oc2ccccc2)c1.CC(=O)CC(=O)c1cccc(Oc2ccccc2)c1.[Cu+2]. The van der Waals surface area contributed by atoms with Crippen molar-refractivity contribution in [3.8, 4) is 23.0 Å². The van der Waals surface area contributed by atoms with Crippen LogP contribution in [0.15, 0.2) is 109 Å². The van der Waals surface area contributed by atoms with Gasteiger partial charge in [0, 0.05) is 11.1 Å². The molecule has 0 heterocycles. The van der Waals surface area contributed by atoms with E-state index in [9.17, 15) is 19.2 Å². The van der Waals surface area contributed by atoms with Gasteiger partial charge < -0.3 is 9.47 Å². The van der Waals surface area contributed by atoms with Crippen molar-refractivity contribution in [2.45, 2.75) is 26.7 Å². The van der Waals surface area contributed by atoms with Crippen LogP contribution in [0.25, 0.3) is 0 Å². The average Bonchev–Trinajstić information content (AvgIpc) is 2.90. The van der Waals surface area contributed by atoms with Crippen molar-refractivity contribution in [3.63, 3.8) is 0 Å². The van der Waals surface area contributed by atoms with E-state index in [0.29, 0.717) is 34.1 Å². The first-order valence-corrected chi connectivity index (χ1v) is 12.0. The number of rotatable bonds is 10. The number of Topliss-reactive ketones (excluding diaryl/α,β-unsaturated/α-hetero) is 4. The Morgan fingerprint density at radius 2 is 0.821 bits per heavy atom. The Kier molecular flexibility index (Phi) is 12.5. The first kappa shape index (κ1) is 30.9. The Morgan fingerprint density at radius 1 is 0.487 bits per heavy atom. The molecule has 0 aliphatic carbocycles. The van der Waals surface area contributed by atoms with Crippen LogP contribution >= 0.6 is 0 Å². The van der Waals surface area contributed by atoms with Crippen LogP contribution in [0.4, 0.5) is 0 Å². The normalized spacial score (nSPS) is 9.69. The standard InChI is InChI=1S/2C16H14O3.Cu/c2*1-12(17)10-16(18)13-6-5-9-15(11-13)19-14-7-3-2-4-8-14;/h2*2-9,11H,10H2,1H3;/q;;+2. The maximum atomic E-state index is 11.8. The molecule has 1 radical (unpaired) electrons. The molecule has 0 spiro atoms. The smallest absolute Gasteiger partial charge is 0.457 e. The van der Waals surface area contributed by atoms with E-state index in [2.05, 4.69) is 0 Å². The number of ketones is 4. The topological polar surface area (TPSA) is 86.7 Å². The molecule has 0 atom stereocenters. The minimum absolute atomic E-state index is 0. The van der Waals surface area contributed by atoms with E-state index in [0.717, 1.165) is 0 Å². The summed E-state index contributed by atoms with van der Waals surface area (Å²) in [4.78, 5) is 45.5. The summed E-state index contributed by atoms with van der Waals surface area (Å²) in [5, 5.41) is 0. The molecule has 0 fully saturated rings. The van der Waals surface area contributed by atoms with Crippen molar-refractivity contribution >= 4 is 23.1 Å². The minimum Gasteiger partial charge on any atom is -0.457 e. The molecule has 4 aromatic rings. The number of hydrogen-bond acceptors (Lipinski definition) is 6. The van der Waals surface area contributed by atoms with Gasteiger partial charge in [-0.3, -0.25) is 19.2 Å². The van der Waals surface area contributed by atoms with E-state index in [1.54, 1.807) is 48.5 Å². The van der Waals surface area contributed by atoms with Crippen molar-refractivity contribution in [2.24, 2.45) is 0 Å². The third-order valence-electron chi connectivity index (χ3n) is 5.09. The van der Waals surface area contributed by atoms with E-state index >= 15 is 0 Å². The van der Waals surface area contributed by atoms with E-state index in [1.807, 2.05) is 60.7 Å². The summed E-state index contributed by atoms with van der Waals surface area (Å²) in [5.74, 6) is 1.93. The second-order valence-electron chi connectivity index (χ2n) is 8.49. The van der Waals surface area contributed by atoms with Crippen LogP contribution in [0.2, 0.25) is 0 Å². The van der Waals surface area contributed by atoms with Crippen LogP contribution in [0.1, 0.15) is 47.4 Å². The number of ether oxygens (including phenoxy) is 2. The average molecular weight is 572 g/mol. The van der Waals surface area contributed by atoms with Crippen molar-refractivity contribution < 1.29 is 45.7 Å². The summed E-state index contributed by atoms with van der Waals surface area (Å²) in [6.07, 6.45) is -0.149. The van der Waals surface area contributed by atoms with E-state index in [4.69, 9.17) is 9.47 Å². The van der Waals surface area contributed by atoms with Crippen molar-refractivity contribution in [1.29, 1.82) is 0 Å². The van der Waals surface area contributed by atoms with Gasteiger partial charge in [0.25, 0.3) is 0 Å². The molecule has 0 amide bonds. The van der Waals surface area contributed by atoms with Gasteiger partial charge in [-0.25, -0.2) is 0 Å². The molecule has 0 aliphatic heterocycles. The minimum atomic E-state index is -0.189. The molecule has 0 aliphatic rings. The number of para-hydroxylation sites is 2. The van der Waals surface area contributed by atoms with E-state index < -0.39 is 0 Å². The molecule has 4 aromatic carbocycles. The molecule has 0 saturated carbocycles. The van der Waals surface area contributed by atoms with Crippen LogP contribution in [-0.4, -0.2) is 23.1 Å². The van der Waals surface area contributed by atoms with Crippen molar-refractivity contribution in [1.82, 2.24) is 0 Å². The van der Waals surface area contributed by atoms with Crippen LogP contribution < -0.4 is 9.47 Å². The second-order valence-corrected chi connectivity index (χ2v) is 8.49. The zero-order valence-corrected chi connectivity index (χ0v) is 22.5. The van der Waals surface area contributed by atoms with Gasteiger partial charge in [-0.05, 0) is 62.4 Å². The van der Waals surface area contributed by atoms with Crippen LogP contribution in [0.5, 0.6) is 23.0 Å². The molecule has 0 N–H and O–H groups in total. The van der Waals surface area contributed by atoms with Gasteiger partial charge in [-0.1, -0.05) is 60.7 Å². The molecule has 0 bridgehead atoms. The third-order valence-corrected chi connectivity index (χ3v) is 5.09. The summed E-state index contributed by atoms with van der Waals surface area (Å²) in [5.41, 5.74) is 0.979. The zero-order valence-electron chi connectivity index (χ0n) is 21.6. The number of carbonyl (C=O) groups excluding carboxylic acids is 4. The molecule has 0 saturated heterocycles. The largest absolute Gasteiger partial charge is 2.00 e. The van der Waals surface area contributed by atoms with E-state index in [-0.39, 0.29) is 53.0 Å². The summed E-state index contributed by atoms with van der Waals surface area (Å²) < 4.78 is 11.3. The van der Waals surface area contributed by atoms with Crippen LogP contribution in [0, 0.1) is 0 Å². The Labute approximate surface area is 238 Å². The summed E-state index contributed by atoms with van der Waals surface area (Å²) in [6.45, 7) is 2.81. The molecule has 0 aromatic heterocycles. The number of carbonyl (C=O) groups is 4. The fourth-order valence-corrected chi connectivity index (χ4v) is 3.37. The number of hydrogen-bond donors (Lipinski definition) is 0. The predicted octanol–water partition coefficient (Wildman–Crippen LogP) is 7.28. The molecule has 6 nitrogen and oxygen atoms in total. The van der Waals surface area contributed by atoms with E-state index in [1.165, 1.54) is 13.8 Å². The van der Waals surface area contributed by atoms with Crippen LogP contribution in [-0.2, 0) is 26.7 Å². The fraction of sp³-hybridized carbons (Fsp3) is 0.125. The Morgan fingerprint density at radius 3 is 1.15 bits per heavy atom. The van der Waals surface area contributed by atoms with Crippen LogP contribution in [0.3, 0.4) is 0 Å². The Bertz CT molecular complexity index is 1290. The van der Waals surface area contributed by atoms with Gasteiger partial charge in [0.15, 0.2) is 11.6 Å². The van der Waals surface area contributed by atoms with Gasteiger partial charge in [0.1, 0.15) is 34.6 Å². The van der Waals surface area contributed by atoms with Gasteiger partial charge in [0.2, 0.25) is 0 Å². The molecular weight excluding hydrogens is 544 g/mol. The van der Waals surface area contributed by atoms with Gasteiger partial charge in [-0.15, -0.1) is 0 Å². The molecule has 4 rings (SSSR count). The number of benzene rings is 4. The molecular formula is C32H28CuO6+2. The second kappa shape index (κ2) is 15.8. The zero-order chi connectivity index (χ0) is 27.3.